The summed E-state index contributed by atoms with van der Waals surface area (Å²) >= 11 is 1.46. The summed E-state index contributed by atoms with van der Waals surface area (Å²) in [5.74, 6) is -1.21. The predicted molar refractivity (Wildman–Crippen MR) is 85.3 cm³/mol. The average molecular weight is 298 g/mol. The molecule has 0 fully saturated rings. The van der Waals surface area contributed by atoms with Gasteiger partial charge in [0, 0.05) is 29.5 Å². The molecule has 1 N–H and O–H groups in total. The Kier molecular flexibility index (Phi) is 4.41. The number of aliphatic carboxylic acids is 1. The number of thiophene rings is 1. The fourth-order valence-electron chi connectivity index (χ4n) is 1.79. The van der Waals surface area contributed by atoms with E-state index in [0.717, 1.165) is 21.0 Å². The molecule has 0 spiro atoms. The van der Waals surface area contributed by atoms with Crippen LogP contribution in [0.5, 0.6) is 0 Å². The van der Waals surface area contributed by atoms with Crippen LogP contribution in [-0.4, -0.2) is 25.2 Å². The third kappa shape index (κ3) is 3.50. The van der Waals surface area contributed by atoms with E-state index in [9.17, 15) is 4.79 Å². The highest BCUT2D eigenvalue weighted by Crippen LogP contribution is 2.30. The molecule has 0 aliphatic rings. The van der Waals surface area contributed by atoms with Crippen LogP contribution in [0.25, 0.3) is 16.5 Å². The largest absolute Gasteiger partial charge is 0.477 e. The van der Waals surface area contributed by atoms with E-state index < -0.39 is 5.97 Å². The molecular formula is C16H14N2O2S. The van der Waals surface area contributed by atoms with Gasteiger partial charge in [-0.1, -0.05) is 12.1 Å². The molecule has 0 unspecified atom stereocenters. The summed E-state index contributed by atoms with van der Waals surface area (Å²) in [6.45, 7) is 0. The molecule has 2 rings (SSSR count). The van der Waals surface area contributed by atoms with Crippen molar-refractivity contribution in [3.63, 3.8) is 0 Å². The summed E-state index contributed by atoms with van der Waals surface area (Å²) in [5, 5.41) is 17.6. The number of hydrogen-bond donors (Lipinski definition) is 1. The van der Waals surface area contributed by atoms with E-state index in [4.69, 9.17) is 10.4 Å². The quantitative estimate of drug-likeness (QED) is 0.693. The van der Waals surface area contributed by atoms with Gasteiger partial charge < -0.3 is 10.0 Å². The lowest BCUT2D eigenvalue weighted by Gasteiger charge is -2.12. The van der Waals surface area contributed by atoms with Gasteiger partial charge in [0.1, 0.15) is 11.6 Å². The van der Waals surface area contributed by atoms with Gasteiger partial charge in [-0.15, -0.1) is 11.3 Å². The Balaban J connectivity index is 2.28. The first-order valence-corrected chi connectivity index (χ1v) is 7.05. The Morgan fingerprint density at radius 2 is 1.90 bits per heavy atom. The number of carbonyl (C=O) groups is 1. The molecule has 0 aliphatic carbocycles. The average Bonchev–Trinajstić information content (AvgIpc) is 2.93. The molecule has 106 valence electrons. The van der Waals surface area contributed by atoms with Crippen LogP contribution < -0.4 is 4.90 Å². The van der Waals surface area contributed by atoms with Crippen LogP contribution in [0.3, 0.4) is 0 Å². The monoisotopic (exact) mass is 298 g/mol. The second-order valence-electron chi connectivity index (χ2n) is 4.62. The highest BCUT2D eigenvalue weighted by atomic mass is 32.1. The molecule has 0 aliphatic heterocycles. The minimum Gasteiger partial charge on any atom is -0.477 e. The van der Waals surface area contributed by atoms with Crippen molar-refractivity contribution in [2.45, 2.75) is 0 Å². The number of carboxylic acids is 1. The molecule has 0 bridgehead atoms. The zero-order valence-electron chi connectivity index (χ0n) is 11.7. The highest BCUT2D eigenvalue weighted by Gasteiger charge is 2.08. The van der Waals surface area contributed by atoms with Gasteiger partial charge in [0.2, 0.25) is 0 Å². The highest BCUT2D eigenvalue weighted by molar-refractivity contribution is 7.16. The maximum Gasteiger partial charge on any atom is 0.346 e. The van der Waals surface area contributed by atoms with Crippen LogP contribution in [-0.2, 0) is 4.79 Å². The molecule has 0 saturated carbocycles. The molecule has 5 heteroatoms. The molecule has 4 nitrogen and oxygen atoms in total. The van der Waals surface area contributed by atoms with E-state index in [1.807, 2.05) is 55.4 Å². The van der Waals surface area contributed by atoms with E-state index in [2.05, 4.69) is 0 Å². The summed E-state index contributed by atoms with van der Waals surface area (Å²) in [6.07, 6.45) is 1.39. The van der Waals surface area contributed by atoms with Gasteiger partial charge in [-0.25, -0.2) is 4.79 Å². The van der Waals surface area contributed by atoms with Gasteiger partial charge in [0.05, 0.1) is 0 Å². The van der Waals surface area contributed by atoms with E-state index in [-0.39, 0.29) is 5.57 Å². The Bertz CT molecular complexity index is 721. The summed E-state index contributed by atoms with van der Waals surface area (Å²) in [5.41, 5.74) is 1.93. The predicted octanol–water partition coefficient (Wildman–Crippen LogP) is 3.47. The number of hydrogen-bond acceptors (Lipinski definition) is 4. The lowest BCUT2D eigenvalue weighted by molar-refractivity contribution is -0.132. The van der Waals surface area contributed by atoms with Crippen molar-refractivity contribution in [3.05, 3.63) is 46.8 Å². The van der Waals surface area contributed by atoms with E-state index in [1.54, 1.807) is 6.07 Å². The van der Waals surface area contributed by atoms with Gasteiger partial charge >= 0.3 is 5.97 Å². The summed E-state index contributed by atoms with van der Waals surface area (Å²) in [7, 11) is 3.97. The van der Waals surface area contributed by atoms with Crippen molar-refractivity contribution in [3.8, 4) is 16.5 Å². The normalized spacial score (nSPS) is 11.0. The zero-order chi connectivity index (χ0) is 15.4. The van der Waals surface area contributed by atoms with Crippen molar-refractivity contribution >= 4 is 29.1 Å². The Morgan fingerprint density at radius 3 is 2.43 bits per heavy atom. The fourth-order valence-corrected chi connectivity index (χ4v) is 2.75. The van der Waals surface area contributed by atoms with Gasteiger partial charge in [-0.05, 0) is 35.9 Å². The van der Waals surface area contributed by atoms with Crippen molar-refractivity contribution in [1.29, 1.82) is 5.26 Å². The smallest absolute Gasteiger partial charge is 0.346 e. The minimum absolute atomic E-state index is 0.258. The molecule has 1 aromatic heterocycles. The molecule has 0 saturated heterocycles. The minimum atomic E-state index is -1.21. The summed E-state index contributed by atoms with van der Waals surface area (Å²) in [6, 6.07) is 13.5. The van der Waals surface area contributed by atoms with Crippen molar-refractivity contribution < 1.29 is 9.90 Å². The van der Waals surface area contributed by atoms with Crippen LogP contribution in [0.4, 0.5) is 5.69 Å². The number of rotatable bonds is 4. The molecule has 0 amide bonds. The number of nitriles is 1. The second-order valence-corrected chi connectivity index (χ2v) is 5.73. The standard InChI is InChI=1S/C16H14N2O2S/c1-18(2)13-5-3-11(4-6-13)15-8-7-14(21-15)9-12(10-17)16(19)20/h3-9H,1-2H3,(H,19,20)/b12-9-. The van der Waals surface area contributed by atoms with Crippen LogP contribution in [0.1, 0.15) is 4.88 Å². The second kappa shape index (κ2) is 6.25. The molecule has 2 aromatic rings. The first-order valence-electron chi connectivity index (χ1n) is 6.24. The lowest BCUT2D eigenvalue weighted by atomic mass is 10.1. The number of benzene rings is 1. The zero-order valence-corrected chi connectivity index (χ0v) is 12.5. The van der Waals surface area contributed by atoms with Crippen molar-refractivity contribution in [1.82, 2.24) is 0 Å². The van der Waals surface area contributed by atoms with E-state index in [1.165, 1.54) is 17.4 Å². The molecule has 0 atom stereocenters. The first-order chi connectivity index (χ1) is 10.0. The molecular weight excluding hydrogens is 284 g/mol. The maximum absolute atomic E-state index is 10.8. The van der Waals surface area contributed by atoms with Crippen LogP contribution in [0.15, 0.2) is 42.0 Å². The maximum atomic E-state index is 10.8. The van der Waals surface area contributed by atoms with Gasteiger partial charge in [-0.3, -0.25) is 0 Å². The Morgan fingerprint density at radius 1 is 1.24 bits per heavy atom. The fraction of sp³-hybridized carbons (Fsp3) is 0.125. The lowest BCUT2D eigenvalue weighted by Crippen LogP contribution is -2.07. The number of anilines is 1. The number of nitrogens with zero attached hydrogens (tertiary/aromatic N) is 2. The SMILES string of the molecule is CN(C)c1ccc(-c2ccc(/C=C(/C#N)C(=O)O)s2)cc1. The van der Waals surface area contributed by atoms with Crippen LogP contribution in [0.2, 0.25) is 0 Å². The van der Waals surface area contributed by atoms with Gasteiger partial charge in [0.25, 0.3) is 0 Å². The first kappa shape index (κ1) is 14.8. The van der Waals surface area contributed by atoms with Crippen molar-refractivity contribution in [2.24, 2.45) is 0 Å². The summed E-state index contributed by atoms with van der Waals surface area (Å²) < 4.78 is 0. The number of carboxylic acid groups (broad SMARTS) is 1. The Labute approximate surface area is 127 Å². The molecule has 0 radical (unpaired) electrons. The van der Waals surface area contributed by atoms with Crippen LogP contribution >= 0.6 is 11.3 Å². The van der Waals surface area contributed by atoms with E-state index >= 15 is 0 Å². The summed E-state index contributed by atoms with van der Waals surface area (Å²) in [4.78, 5) is 14.6. The Hall–Kier alpha value is -2.58. The van der Waals surface area contributed by atoms with Gasteiger partial charge in [-0.2, -0.15) is 5.26 Å². The topological polar surface area (TPSA) is 64.3 Å². The third-order valence-electron chi connectivity index (χ3n) is 2.93. The van der Waals surface area contributed by atoms with Crippen molar-refractivity contribution in [2.75, 3.05) is 19.0 Å². The molecule has 1 heterocycles. The van der Waals surface area contributed by atoms with E-state index in [0.29, 0.717) is 0 Å². The van der Waals surface area contributed by atoms with Gasteiger partial charge in [0.15, 0.2) is 0 Å². The molecule has 21 heavy (non-hydrogen) atoms. The van der Waals surface area contributed by atoms with Crippen LogP contribution in [0, 0.1) is 11.3 Å². The third-order valence-corrected chi connectivity index (χ3v) is 4.01. The molecule has 1 aromatic carbocycles.